The van der Waals surface area contributed by atoms with Gasteiger partial charge in [-0.15, -0.1) is 0 Å². The van der Waals surface area contributed by atoms with Crippen LogP contribution in [-0.4, -0.2) is 42.6 Å². The summed E-state index contributed by atoms with van der Waals surface area (Å²) in [4.78, 5) is 15.0. The first kappa shape index (κ1) is 19.8. The van der Waals surface area contributed by atoms with E-state index in [1.807, 2.05) is 38.1 Å². The van der Waals surface area contributed by atoms with Crippen molar-refractivity contribution in [3.8, 4) is 5.75 Å². The molecule has 140 valence electrons. The summed E-state index contributed by atoms with van der Waals surface area (Å²) in [5.74, 6) is 0.760. The molecule has 4 heteroatoms. The normalized spacial score (nSPS) is 19.4. The Morgan fingerprint density at radius 1 is 1.36 bits per heavy atom. The van der Waals surface area contributed by atoms with Gasteiger partial charge in [0.25, 0.3) is 5.91 Å². The molecule has 0 unspecified atom stereocenters. The minimum atomic E-state index is -0.417. The number of carbonyl (C=O) groups excluding carboxylic acids is 1. The Morgan fingerprint density at radius 3 is 2.92 bits per heavy atom. The predicted molar refractivity (Wildman–Crippen MR) is 103 cm³/mol. The van der Waals surface area contributed by atoms with E-state index in [2.05, 4.69) is 17.1 Å². The maximum atomic E-state index is 12.4. The molecular weight excluding hydrogens is 312 g/mol. The zero-order chi connectivity index (χ0) is 18.1. The molecule has 0 radical (unpaired) electrons. The van der Waals surface area contributed by atoms with Gasteiger partial charge in [-0.3, -0.25) is 4.79 Å². The fourth-order valence-electron chi connectivity index (χ4n) is 3.60. The number of piperidine rings is 1. The van der Waals surface area contributed by atoms with Crippen LogP contribution in [0.3, 0.4) is 0 Å². The summed E-state index contributed by atoms with van der Waals surface area (Å²) in [5.41, 5.74) is 1.14. The zero-order valence-corrected chi connectivity index (χ0v) is 16.1. The van der Waals surface area contributed by atoms with Gasteiger partial charge in [0.15, 0.2) is 6.10 Å². The SMILES string of the molecule is CC[C@H]1CCCCN1CCCNC(=O)[C@@H](CC)Oc1cccc(C)c1. The summed E-state index contributed by atoms with van der Waals surface area (Å²) >= 11 is 0. The Balaban J connectivity index is 1.72. The minimum absolute atomic E-state index is 0.00491. The van der Waals surface area contributed by atoms with E-state index >= 15 is 0 Å². The quantitative estimate of drug-likeness (QED) is 0.689. The molecule has 2 rings (SSSR count). The number of ether oxygens (including phenoxy) is 1. The predicted octanol–water partition coefficient (Wildman–Crippen LogP) is 3.92. The van der Waals surface area contributed by atoms with Crippen molar-refractivity contribution in [2.24, 2.45) is 0 Å². The van der Waals surface area contributed by atoms with Crippen LogP contribution in [0.1, 0.15) is 57.9 Å². The van der Waals surface area contributed by atoms with Crippen molar-refractivity contribution in [3.63, 3.8) is 0 Å². The van der Waals surface area contributed by atoms with Crippen molar-refractivity contribution in [3.05, 3.63) is 29.8 Å². The number of benzene rings is 1. The smallest absolute Gasteiger partial charge is 0.261 e. The largest absolute Gasteiger partial charge is 0.481 e. The lowest BCUT2D eigenvalue weighted by molar-refractivity contribution is -0.128. The maximum absolute atomic E-state index is 12.4. The van der Waals surface area contributed by atoms with Gasteiger partial charge in [-0.2, -0.15) is 0 Å². The van der Waals surface area contributed by atoms with E-state index < -0.39 is 6.10 Å². The molecule has 1 saturated heterocycles. The lowest BCUT2D eigenvalue weighted by Gasteiger charge is -2.35. The van der Waals surface area contributed by atoms with E-state index in [-0.39, 0.29) is 5.91 Å². The summed E-state index contributed by atoms with van der Waals surface area (Å²) < 4.78 is 5.87. The lowest BCUT2D eigenvalue weighted by atomic mass is 10.00. The van der Waals surface area contributed by atoms with Gasteiger partial charge in [-0.1, -0.05) is 32.4 Å². The third-order valence-corrected chi connectivity index (χ3v) is 5.07. The van der Waals surface area contributed by atoms with Gasteiger partial charge >= 0.3 is 0 Å². The zero-order valence-electron chi connectivity index (χ0n) is 16.1. The van der Waals surface area contributed by atoms with Crippen LogP contribution in [0, 0.1) is 6.92 Å². The van der Waals surface area contributed by atoms with Crippen LogP contribution in [0.5, 0.6) is 5.75 Å². The number of aryl methyl sites for hydroxylation is 1. The summed E-state index contributed by atoms with van der Waals surface area (Å²) in [6.07, 6.45) is 6.48. The number of hydrogen-bond acceptors (Lipinski definition) is 3. The van der Waals surface area contributed by atoms with Gasteiger partial charge in [0.05, 0.1) is 0 Å². The van der Waals surface area contributed by atoms with Crippen molar-refractivity contribution in [2.75, 3.05) is 19.6 Å². The highest BCUT2D eigenvalue weighted by molar-refractivity contribution is 5.81. The van der Waals surface area contributed by atoms with E-state index in [1.165, 1.54) is 32.2 Å². The second-order valence-corrected chi connectivity index (χ2v) is 7.07. The van der Waals surface area contributed by atoms with Crippen LogP contribution in [0.2, 0.25) is 0 Å². The molecule has 1 aromatic carbocycles. The van der Waals surface area contributed by atoms with Crippen LogP contribution < -0.4 is 10.1 Å². The molecule has 1 heterocycles. The van der Waals surface area contributed by atoms with Gasteiger partial charge < -0.3 is 15.0 Å². The standard InChI is InChI=1S/C21H34N2O2/c1-4-18-11-6-7-14-23(18)15-9-13-22-21(24)20(5-2)25-19-12-8-10-17(3)16-19/h8,10,12,16,18,20H,4-7,9,11,13-15H2,1-3H3,(H,22,24)/t18-,20+/m0/s1. The maximum Gasteiger partial charge on any atom is 0.261 e. The molecule has 25 heavy (non-hydrogen) atoms. The molecule has 1 aromatic rings. The molecule has 1 N–H and O–H groups in total. The fourth-order valence-corrected chi connectivity index (χ4v) is 3.60. The molecule has 2 atom stereocenters. The third kappa shape index (κ3) is 6.35. The monoisotopic (exact) mass is 346 g/mol. The first-order chi connectivity index (χ1) is 12.1. The third-order valence-electron chi connectivity index (χ3n) is 5.07. The molecule has 0 aromatic heterocycles. The Hall–Kier alpha value is -1.55. The van der Waals surface area contributed by atoms with E-state index in [0.29, 0.717) is 6.42 Å². The highest BCUT2D eigenvalue weighted by Crippen LogP contribution is 2.19. The van der Waals surface area contributed by atoms with Crippen molar-refractivity contribution in [1.82, 2.24) is 10.2 Å². The van der Waals surface area contributed by atoms with Crippen molar-refractivity contribution in [2.45, 2.75) is 71.4 Å². The second kappa shape index (κ2) is 10.4. The Kier molecular flexibility index (Phi) is 8.26. The Bertz CT molecular complexity index is 532. The number of carbonyl (C=O) groups is 1. The second-order valence-electron chi connectivity index (χ2n) is 7.07. The van der Waals surface area contributed by atoms with Gasteiger partial charge in [0.1, 0.15) is 5.75 Å². The summed E-state index contributed by atoms with van der Waals surface area (Å²) in [6, 6.07) is 8.59. The Labute approximate surface area is 152 Å². The summed E-state index contributed by atoms with van der Waals surface area (Å²) in [7, 11) is 0. The molecule has 4 nitrogen and oxygen atoms in total. The number of likely N-dealkylation sites (tertiary alicyclic amines) is 1. The van der Waals surface area contributed by atoms with Crippen molar-refractivity contribution in [1.29, 1.82) is 0 Å². The van der Waals surface area contributed by atoms with Crippen molar-refractivity contribution < 1.29 is 9.53 Å². The van der Waals surface area contributed by atoms with Crippen LogP contribution >= 0.6 is 0 Å². The summed E-state index contributed by atoms with van der Waals surface area (Å²) in [6.45, 7) is 9.30. The highest BCUT2D eigenvalue weighted by Gasteiger charge is 2.21. The number of nitrogens with one attached hydrogen (secondary N) is 1. The average molecular weight is 347 g/mol. The van der Waals surface area contributed by atoms with Crippen LogP contribution in [0.25, 0.3) is 0 Å². The van der Waals surface area contributed by atoms with Gasteiger partial charge in [0, 0.05) is 19.1 Å². The molecule has 0 spiro atoms. The molecular formula is C21H34N2O2. The topological polar surface area (TPSA) is 41.6 Å². The minimum Gasteiger partial charge on any atom is -0.481 e. The van der Waals surface area contributed by atoms with Gasteiger partial charge in [-0.05, 0) is 63.3 Å². The highest BCUT2D eigenvalue weighted by atomic mass is 16.5. The van der Waals surface area contributed by atoms with E-state index in [1.54, 1.807) is 0 Å². The van der Waals surface area contributed by atoms with E-state index in [4.69, 9.17) is 4.74 Å². The van der Waals surface area contributed by atoms with Crippen LogP contribution in [-0.2, 0) is 4.79 Å². The first-order valence-electron chi connectivity index (χ1n) is 9.89. The molecule has 1 amide bonds. The number of rotatable bonds is 9. The van der Waals surface area contributed by atoms with Crippen LogP contribution in [0.15, 0.2) is 24.3 Å². The number of amides is 1. The summed E-state index contributed by atoms with van der Waals surface area (Å²) in [5, 5.41) is 3.05. The molecule has 0 bridgehead atoms. The molecule has 1 aliphatic rings. The van der Waals surface area contributed by atoms with Gasteiger partial charge in [-0.25, -0.2) is 0 Å². The fraction of sp³-hybridized carbons (Fsp3) is 0.667. The average Bonchev–Trinajstić information content (AvgIpc) is 2.63. The van der Waals surface area contributed by atoms with Crippen LogP contribution in [0.4, 0.5) is 0 Å². The lowest BCUT2D eigenvalue weighted by Crippen LogP contribution is -2.42. The number of hydrogen-bond donors (Lipinski definition) is 1. The van der Waals surface area contributed by atoms with E-state index in [0.717, 1.165) is 36.9 Å². The first-order valence-corrected chi connectivity index (χ1v) is 9.89. The number of nitrogens with zero attached hydrogens (tertiary/aromatic N) is 1. The molecule has 0 saturated carbocycles. The molecule has 1 fully saturated rings. The molecule has 0 aliphatic carbocycles. The molecule has 1 aliphatic heterocycles. The van der Waals surface area contributed by atoms with Gasteiger partial charge in [0.2, 0.25) is 0 Å². The van der Waals surface area contributed by atoms with Crippen molar-refractivity contribution >= 4 is 5.91 Å². The van der Waals surface area contributed by atoms with E-state index in [9.17, 15) is 4.79 Å². The Morgan fingerprint density at radius 2 is 2.20 bits per heavy atom.